The van der Waals surface area contributed by atoms with E-state index in [0.717, 1.165) is 19.3 Å². The molecule has 21 heavy (non-hydrogen) atoms. The standard InChI is InChI=1S/C14H25N3O4/c1-4-21-12(19)10-15-13(20)14(8-6-5-7-9-14)17(11-18)16(2)3/h11H,4-10H2,1-3H3,(H,15,20). The van der Waals surface area contributed by atoms with Gasteiger partial charge < -0.3 is 10.1 Å². The maximum Gasteiger partial charge on any atom is 0.325 e. The van der Waals surface area contributed by atoms with Crippen LogP contribution in [0.4, 0.5) is 0 Å². The third-order valence-electron chi connectivity index (χ3n) is 3.77. The molecule has 0 spiro atoms. The molecule has 1 aliphatic rings. The molecule has 2 amide bonds. The van der Waals surface area contributed by atoms with E-state index in [9.17, 15) is 14.4 Å². The van der Waals surface area contributed by atoms with Gasteiger partial charge in [0.05, 0.1) is 6.61 Å². The van der Waals surface area contributed by atoms with E-state index in [2.05, 4.69) is 5.32 Å². The Labute approximate surface area is 125 Å². The average molecular weight is 299 g/mol. The van der Waals surface area contributed by atoms with Crippen molar-refractivity contribution in [1.82, 2.24) is 15.3 Å². The minimum atomic E-state index is -0.907. The predicted molar refractivity (Wildman–Crippen MR) is 77.0 cm³/mol. The molecule has 0 saturated heterocycles. The second-order valence-electron chi connectivity index (χ2n) is 5.38. The van der Waals surface area contributed by atoms with E-state index in [0.29, 0.717) is 19.3 Å². The normalized spacial score (nSPS) is 17.1. The van der Waals surface area contributed by atoms with Crippen molar-refractivity contribution in [3.63, 3.8) is 0 Å². The van der Waals surface area contributed by atoms with Crippen LogP contribution < -0.4 is 5.32 Å². The van der Waals surface area contributed by atoms with Gasteiger partial charge in [-0.25, -0.2) is 5.01 Å². The summed E-state index contributed by atoms with van der Waals surface area (Å²) in [6.07, 6.45) is 4.68. The van der Waals surface area contributed by atoms with Crippen molar-refractivity contribution in [2.24, 2.45) is 0 Å². The molecule has 0 atom stereocenters. The lowest BCUT2D eigenvalue weighted by atomic mass is 9.80. The molecule has 0 aromatic heterocycles. The summed E-state index contributed by atoms with van der Waals surface area (Å²) in [6, 6.07) is 0. The largest absolute Gasteiger partial charge is 0.465 e. The fraction of sp³-hybridized carbons (Fsp3) is 0.786. The maximum absolute atomic E-state index is 12.6. The average Bonchev–Trinajstić information content (AvgIpc) is 2.46. The van der Waals surface area contributed by atoms with Crippen molar-refractivity contribution in [3.05, 3.63) is 0 Å². The van der Waals surface area contributed by atoms with Crippen LogP contribution >= 0.6 is 0 Å². The predicted octanol–water partition coefficient (Wildman–Crippen LogP) is 0.304. The summed E-state index contributed by atoms with van der Waals surface area (Å²) in [5.41, 5.74) is -0.907. The van der Waals surface area contributed by atoms with Crippen LogP contribution in [0.1, 0.15) is 39.0 Å². The molecule has 0 unspecified atom stereocenters. The van der Waals surface area contributed by atoms with Gasteiger partial charge in [-0.15, -0.1) is 0 Å². The van der Waals surface area contributed by atoms with Crippen LogP contribution in [0.2, 0.25) is 0 Å². The third kappa shape index (κ3) is 4.17. The molecule has 1 rings (SSSR count). The van der Waals surface area contributed by atoms with Crippen LogP contribution in [-0.4, -0.2) is 61.1 Å². The molecule has 7 nitrogen and oxygen atoms in total. The Hall–Kier alpha value is -1.63. The highest BCUT2D eigenvalue weighted by atomic mass is 16.5. The monoisotopic (exact) mass is 299 g/mol. The summed E-state index contributed by atoms with van der Waals surface area (Å²) < 4.78 is 4.80. The Morgan fingerprint density at radius 2 is 1.86 bits per heavy atom. The Kier molecular flexibility index (Phi) is 6.61. The number of amides is 2. The van der Waals surface area contributed by atoms with Crippen molar-refractivity contribution in [2.75, 3.05) is 27.2 Å². The van der Waals surface area contributed by atoms with Crippen LogP contribution in [0.25, 0.3) is 0 Å². The number of carbonyl (C=O) groups excluding carboxylic acids is 3. The van der Waals surface area contributed by atoms with Gasteiger partial charge in [0.15, 0.2) is 0 Å². The Morgan fingerprint density at radius 1 is 1.24 bits per heavy atom. The van der Waals surface area contributed by atoms with Crippen molar-refractivity contribution in [2.45, 2.75) is 44.6 Å². The minimum absolute atomic E-state index is 0.172. The molecule has 0 heterocycles. The zero-order valence-corrected chi connectivity index (χ0v) is 13.1. The highest BCUT2D eigenvalue weighted by Crippen LogP contribution is 2.33. The molecule has 1 aliphatic carbocycles. The van der Waals surface area contributed by atoms with E-state index in [-0.39, 0.29) is 19.1 Å². The molecule has 0 aromatic carbocycles. The molecular formula is C14H25N3O4. The lowest BCUT2D eigenvalue weighted by molar-refractivity contribution is -0.163. The molecule has 1 fully saturated rings. The van der Waals surface area contributed by atoms with Gasteiger partial charge in [-0.3, -0.25) is 19.4 Å². The summed E-state index contributed by atoms with van der Waals surface area (Å²) in [5, 5.41) is 5.64. The molecule has 1 N–H and O–H groups in total. The highest BCUT2D eigenvalue weighted by Gasteiger charge is 2.45. The minimum Gasteiger partial charge on any atom is -0.465 e. The van der Waals surface area contributed by atoms with Gasteiger partial charge in [-0.2, -0.15) is 0 Å². The smallest absolute Gasteiger partial charge is 0.325 e. The van der Waals surface area contributed by atoms with Crippen molar-refractivity contribution >= 4 is 18.3 Å². The topological polar surface area (TPSA) is 79.0 Å². The second-order valence-corrected chi connectivity index (χ2v) is 5.38. The molecule has 0 radical (unpaired) electrons. The van der Waals surface area contributed by atoms with Gasteiger partial charge >= 0.3 is 5.97 Å². The third-order valence-corrected chi connectivity index (χ3v) is 3.77. The van der Waals surface area contributed by atoms with Gasteiger partial charge in [-0.1, -0.05) is 19.3 Å². The first-order valence-electron chi connectivity index (χ1n) is 7.33. The van der Waals surface area contributed by atoms with Crippen LogP contribution in [0.15, 0.2) is 0 Å². The number of esters is 1. The molecule has 0 aromatic rings. The second kappa shape index (κ2) is 7.97. The van der Waals surface area contributed by atoms with E-state index in [1.807, 2.05) is 0 Å². The van der Waals surface area contributed by atoms with E-state index < -0.39 is 11.5 Å². The van der Waals surface area contributed by atoms with Crippen molar-refractivity contribution in [3.8, 4) is 0 Å². The first-order chi connectivity index (χ1) is 9.97. The summed E-state index contributed by atoms with van der Waals surface area (Å²) in [4.78, 5) is 35.4. The van der Waals surface area contributed by atoms with Gasteiger partial charge in [0.25, 0.3) is 0 Å². The Balaban J connectivity index is 2.83. The van der Waals surface area contributed by atoms with E-state index in [1.165, 1.54) is 5.01 Å². The number of hydrogen-bond donors (Lipinski definition) is 1. The zero-order valence-electron chi connectivity index (χ0n) is 13.1. The lowest BCUT2D eigenvalue weighted by Crippen LogP contribution is -2.63. The van der Waals surface area contributed by atoms with Gasteiger partial charge in [0.2, 0.25) is 12.3 Å². The van der Waals surface area contributed by atoms with Crippen LogP contribution in [0.3, 0.4) is 0 Å². The molecule has 1 saturated carbocycles. The Morgan fingerprint density at radius 3 is 2.33 bits per heavy atom. The molecule has 120 valence electrons. The molecule has 0 bridgehead atoms. The highest BCUT2D eigenvalue weighted by molar-refractivity contribution is 5.90. The number of nitrogens with zero attached hydrogens (tertiary/aromatic N) is 2. The fourth-order valence-corrected chi connectivity index (χ4v) is 2.80. The van der Waals surface area contributed by atoms with Gasteiger partial charge in [0.1, 0.15) is 12.1 Å². The summed E-state index contributed by atoms with van der Waals surface area (Å²) >= 11 is 0. The lowest BCUT2D eigenvalue weighted by Gasteiger charge is -2.45. The summed E-state index contributed by atoms with van der Waals surface area (Å²) in [6.45, 7) is 1.81. The summed E-state index contributed by atoms with van der Waals surface area (Å²) in [5.74, 6) is -0.768. The van der Waals surface area contributed by atoms with Crippen LogP contribution in [0.5, 0.6) is 0 Å². The van der Waals surface area contributed by atoms with E-state index >= 15 is 0 Å². The number of hydrazine groups is 1. The number of rotatable bonds is 7. The number of ether oxygens (including phenoxy) is 1. The van der Waals surface area contributed by atoms with E-state index in [4.69, 9.17) is 4.74 Å². The first-order valence-corrected chi connectivity index (χ1v) is 7.33. The first kappa shape index (κ1) is 17.4. The summed E-state index contributed by atoms with van der Waals surface area (Å²) in [7, 11) is 3.45. The van der Waals surface area contributed by atoms with Gasteiger partial charge in [0, 0.05) is 14.1 Å². The molecular weight excluding hydrogens is 274 g/mol. The number of hydrogen-bond acceptors (Lipinski definition) is 5. The van der Waals surface area contributed by atoms with Crippen LogP contribution in [-0.2, 0) is 19.1 Å². The fourth-order valence-electron chi connectivity index (χ4n) is 2.80. The van der Waals surface area contributed by atoms with Crippen LogP contribution in [0, 0.1) is 0 Å². The molecule has 7 heteroatoms. The molecule has 0 aliphatic heterocycles. The maximum atomic E-state index is 12.6. The van der Waals surface area contributed by atoms with Gasteiger partial charge in [-0.05, 0) is 19.8 Å². The zero-order chi connectivity index (χ0) is 15.9. The van der Waals surface area contributed by atoms with Crippen molar-refractivity contribution in [1.29, 1.82) is 0 Å². The SMILES string of the molecule is CCOC(=O)CNC(=O)C1(N(C=O)N(C)C)CCCCC1. The van der Waals surface area contributed by atoms with Crippen molar-refractivity contribution < 1.29 is 19.1 Å². The number of carbonyl (C=O) groups is 3. The van der Waals surface area contributed by atoms with E-state index in [1.54, 1.807) is 26.0 Å². The Bertz CT molecular complexity index is 378. The number of nitrogens with one attached hydrogen (secondary N) is 1. The quantitative estimate of drug-likeness (QED) is 0.416.